The molecule has 1 rings (SSSR count). The largest absolute Gasteiger partial charge is 0.0984 e. The van der Waals surface area contributed by atoms with Crippen LogP contribution in [0.1, 0.15) is 12.8 Å². The predicted octanol–water partition coefficient (Wildman–Crippen LogP) is 4.38. The lowest BCUT2D eigenvalue weighted by atomic mass is 10.3. The lowest BCUT2D eigenvalue weighted by Gasteiger charge is -1.93. The minimum atomic E-state index is 0.580. The Bertz CT molecular complexity index is 342. The van der Waals surface area contributed by atoms with E-state index in [9.17, 15) is 0 Å². The molecule has 3 nitrogen and oxygen atoms in total. The molecule has 0 aliphatic rings. The number of thioether (sulfide) groups is 1. The number of azide groups is 1. The van der Waals surface area contributed by atoms with Gasteiger partial charge in [0.1, 0.15) is 0 Å². The van der Waals surface area contributed by atoms with Crippen molar-refractivity contribution in [3.63, 3.8) is 0 Å². The van der Waals surface area contributed by atoms with Gasteiger partial charge in [-0.15, -0.1) is 0 Å². The third kappa shape index (κ3) is 5.83. The Hall–Kier alpha value is -1.38. The normalized spacial score (nSPS) is 10.1. The molecule has 0 saturated carbocycles. The van der Waals surface area contributed by atoms with E-state index in [0.29, 0.717) is 6.54 Å². The first-order valence-electron chi connectivity index (χ1n) is 4.81. The molecule has 1 aromatic rings. The lowest BCUT2D eigenvalue weighted by molar-refractivity contribution is 0.849. The Morgan fingerprint density at radius 3 is 2.87 bits per heavy atom. The van der Waals surface area contributed by atoms with E-state index in [1.54, 1.807) is 11.8 Å². The van der Waals surface area contributed by atoms with Crippen LogP contribution in [0.3, 0.4) is 0 Å². The zero-order chi connectivity index (χ0) is 10.8. The fourth-order valence-electron chi connectivity index (χ4n) is 1.02. The van der Waals surface area contributed by atoms with Crippen molar-refractivity contribution in [3.8, 4) is 0 Å². The molecule has 0 radical (unpaired) electrons. The van der Waals surface area contributed by atoms with Crippen molar-refractivity contribution in [2.75, 3.05) is 6.54 Å². The SMILES string of the molecule is [N-]=[N+]=NCCC/C=C/Sc1ccccc1. The minimum absolute atomic E-state index is 0.580. The van der Waals surface area contributed by atoms with Gasteiger partial charge in [0.2, 0.25) is 0 Å². The Morgan fingerprint density at radius 1 is 1.33 bits per heavy atom. The predicted molar refractivity (Wildman–Crippen MR) is 64.7 cm³/mol. The third-order valence-electron chi connectivity index (χ3n) is 1.74. The first kappa shape index (κ1) is 11.7. The molecule has 0 N–H and O–H groups in total. The maximum atomic E-state index is 8.05. The zero-order valence-electron chi connectivity index (χ0n) is 8.41. The number of allylic oxidation sites excluding steroid dienone is 1. The summed E-state index contributed by atoms with van der Waals surface area (Å²) in [5.41, 5.74) is 8.05. The lowest BCUT2D eigenvalue weighted by Crippen LogP contribution is -1.75. The number of benzene rings is 1. The van der Waals surface area contributed by atoms with Gasteiger partial charge in [-0.2, -0.15) is 0 Å². The molecule has 0 spiro atoms. The molecule has 4 heteroatoms. The summed E-state index contributed by atoms with van der Waals surface area (Å²) in [4.78, 5) is 3.94. The fraction of sp³-hybridized carbons (Fsp3) is 0.273. The van der Waals surface area contributed by atoms with Crippen molar-refractivity contribution in [1.82, 2.24) is 0 Å². The molecule has 0 bridgehead atoms. The minimum Gasteiger partial charge on any atom is -0.0984 e. The van der Waals surface area contributed by atoms with Gasteiger partial charge < -0.3 is 0 Å². The molecule has 0 heterocycles. The standard InChI is InChI=1S/C11H13N3S/c12-14-13-9-5-2-6-10-15-11-7-3-1-4-8-11/h1,3-4,6-8,10H,2,5,9H2/b10-6+. The first-order valence-corrected chi connectivity index (χ1v) is 5.69. The highest BCUT2D eigenvalue weighted by Gasteiger charge is 1.86. The van der Waals surface area contributed by atoms with Crippen LogP contribution in [-0.4, -0.2) is 6.54 Å². The van der Waals surface area contributed by atoms with E-state index >= 15 is 0 Å². The highest BCUT2D eigenvalue weighted by atomic mass is 32.2. The summed E-state index contributed by atoms with van der Waals surface area (Å²) in [5, 5.41) is 5.54. The Morgan fingerprint density at radius 2 is 2.13 bits per heavy atom. The van der Waals surface area contributed by atoms with Gasteiger partial charge in [0.15, 0.2) is 0 Å². The van der Waals surface area contributed by atoms with Gasteiger partial charge in [-0.05, 0) is 35.9 Å². The highest BCUT2D eigenvalue weighted by molar-refractivity contribution is 8.02. The van der Waals surface area contributed by atoms with Crippen LogP contribution < -0.4 is 0 Å². The molecule has 0 atom stereocenters. The molecular weight excluding hydrogens is 206 g/mol. The Labute approximate surface area is 93.8 Å². The molecule has 78 valence electrons. The fourth-order valence-corrected chi connectivity index (χ4v) is 1.72. The summed E-state index contributed by atoms with van der Waals surface area (Å²) in [6, 6.07) is 10.2. The first-order chi connectivity index (χ1) is 7.43. The van der Waals surface area contributed by atoms with E-state index in [1.165, 1.54) is 4.90 Å². The third-order valence-corrected chi connectivity index (χ3v) is 2.61. The summed E-state index contributed by atoms with van der Waals surface area (Å²) in [6.45, 7) is 0.580. The second-order valence-electron chi connectivity index (χ2n) is 2.90. The molecule has 0 aromatic heterocycles. The maximum Gasteiger partial charge on any atom is 0.0260 e. The summed E-state index contributed by atoms with van der Waals surface area (Å²) < 4.78 is 0. The second kappa shape index (κ2) is 7.97. The molecular formula is C11H13N3S. The van der Waals surface area contributed by atoms with Crippen molar-refractivity contribution in [3.05, 3.63) is 52.3 Å². The van der Waals surface area contributed by atoms with Crippen LogP contribution in [0, 0.1) is 0 Å². The smallest absolute Gasteiger partial charge is 0.0260 e. The van der Waals surface area contributed by atoms with Crippen molar-refractivity contribution in [2.24, 2.45) is 5.11 Å². The van der Waals surface area contributed by atoms with E-state index in [0.717, 1.165) is 12.8 Å². The molecule has 0 saturated heterocycles. The van der Waals surface area contributed by atoms with E-state index in [1.807, 2.05) is 18.2 Å². The van der Waals surface area contributed by atoms with E-state index in [4.69, 9.17) is 5.53 Å². The van der Waals surface area contributed by atoms with Crippen molar-refractivity contribution >= 4 is 11.8 Å². The summed E-state index contributed by atoms with van der Waals surface area (Å²) in [7, 11) is 0. The molecule has 0 aliphatic carbocycles. The van der Waals surface area contributed by atoms with E-state index in [-0.39, 0.29) is 0 Å². The van der Waals surface area contributed by atoms with Crippen LogP contribution in [0.25, 0.3) is 10.4 Å². The molecule has 0 aliphatic heterocycles. The molecule has 0 amide bonds. The number of unbranched alkanes of at least 4 members (excludes halogenated alkanes) is 1. The average Bonchev–Trinajstić information content (AvgIpc) is 2.29. The summed E-state index contributed by atoms with van der Waals surface area (Å²) in [5.74, 6) is 0. The van der Waals surface area contributed by atoms with Crippen molar-refractivity contribution in [1.29, 1.82) is 0 Å². The van der Waals surface area contributed by atoms with Crippen molar-refractivity contribution < 1.29 is 0 Å². The van der Waals surface area contributed by atoms with E-state index < -0.39 is 0 Å². The number of nitrogens with zero attached hydrogens (tertiary/aromatic N) is 3. The van der Waals surface area contributed by atoms with Gasteiger partial charge >= 0.3 is 0 Å². The topological polar surface area (TPSA) is 48.8 Å². The van der Waals surface area contributed by atoms with Crippen LogP contribution >= 0.6 is 11.8 Å². The van der Waals surface area contributed by atoms with Gasteiger partial charge in [0, 0.05) is 16.4 Å². The van der Waals surface area contributed by atoms with Crippen molar-refractivity contribution in [2.45, 2.75) is 17.7 Å². The quantitative estimate of drug-likeness (QED) is 0.230. The van der Waals surface area contributed by atoms with Crippen LogP contribution in [0.5, 0.6) is 0 Å². The summed E-state index contributed by atoms with van der Waals surface area (Å²) in [6.07, 6.45) is 3.97. The highest BCUT2D eigenvalue weighted by Crippen LogP contribution is 2.18. The molecule has 1 aromatic carbocycles. The van der Waals surface area contributed by atoms with Crippen LogP contribution in [-0.2, 0) is 0 Å². The van der Waals surface area contributed by atoms with Gasteiger partial charge in [-0.25, -0.2) is 0 Å². The molecule has 0 fully saturated rings. The van der Waals surface area contributed by atoms with Gasteiger partial charge in [0.25, 0.3) is 0 Å². The van der Waals surface area contributed by atoms with Crippen LogP contribution in [0.2, 0.25) is 0 Å². The number of rotatable bonds is 6. The average molecular weight is 219 g/mol. The van der Waals surface area contributed by atoms with Gasteiger partial charge in [0.05, 0.1) is 0 Å². The van der Waals surface area contributed by atoms with Gasteiger partial charge in [-0.1, -0.05) is 41.2 Å². The summed E-state index contributed by atoms with van der Waals surface area (Å²) >= 11 is 1.70. The monoisotopic (exact) mass is 219 g/mol. The van der Waals surface area contributed by atoms with E-state index in [2.05, 4.69) is 33.6 Å². The number of hydrogen-bond acceptors (Lipinski definition) is 2. The second-order valence-corrected chi connectivity index (χ2v) is 3.88. The maximum absolute atomic E-state index is 8.05. The number of hydrogen-bond donors (Lipinski definition) is 0. The molecule has 15 heavy (non-hydrogen) atoms. The van der Waals surface area contributed by atoms with Gasteiger partial charge in [-0.3, -0.25) is 0 Å². The Balaban J connectivity index is 2.14. The van der Waals surface area contributed by atoms with Crippen LogP contribution in [0.4, 0.5) is 0 Å². The van der Waals surface area contributed by atoms with Crippen LogP contribution in [0.15, 0.2) is 51.8 Å². The zero-order valence-corrected chi connectivity index (χ0v) is 9.23. The Kier molecular flexibility index (Phi) is 6.21. The molecule has 0 unspecified atom stereocenters.